The Morgan fingerprint density at radius 1 is 0.531 bits per heavy atom. The van der Waals surface area contributed by atoms with E-state index in [1.54, 1.807) is 14.2 Å². The largest absolute Gasteiger partial charge is 0.495 e. The lowest BCUT2D eigenvalue weighted by molar-refractivity contribution is 0.0727. The number of ether oxygens (including phenoxy) is 5. The van der Waals surface area contributed by atoms with Gasteiger partial charge in [-0.25, -0.2) is 0 Å². The Bertz CT molecular complexity index is 1830. The van der Waals surface area contributed by atoms with Gasteiger partial charge in [-0.15, -0.1) is 0 Å². The van der Waals surface area contributed by atoms with Crippen molar-refractivity contribution in [3.8, 4) is 45.5 Å². The lowest BCUT2D eigenvalue weighted by Crippen LogP contribution is -2.02. The van der Waals surface area contributed by atoms with Crippen LogP contribution < -0.4 is 18.9 Å². The second-order valence-electron chi connectivity index (χ2n) is 11.6. The molecular weight excluding hydrogens is 624 g/mol. The molecule has 0 aliphatic carbocycles. The van der Waals surface area contributed by atoms with Crippen LogP contribution in [0.3, 0.4) is 0 Å². The minimum absolute atomic E-state index is 0.228. The van der Waals surface area contributed by atoms with Crippen molar-refractivity contribution in [2.45, 2.75) is 54.1 Å². The average molecular weight is 663 g/mol. The molecule has 0 saturated heterocycles. The van der Waals surface area contributed by atoms with Gasteiger partial charge in [0.15, 0.2) is 11.5 Å². The molecule has 11 heteroatoms. The monoisotopic (exact) mass is 662 g/mol. The van der Waals surface area contributed by atoms with Crippen LogP contribution in [0.15, 0.2) is 81.8 Å². The second-order valence-corrected chi connectivity index (χ2v) is 11.6. The highest BCUT2D eigenvalue weighted by molar-refractivity contribution is 5.60. The Hall–Kier alpha value is -5.68. The molecule has 6 aromatic rings. The van der Waals surface area contributed by atoms with Gasteiger partial charge >= 0.3 is 0 Å². The predicted molar refractivity (Wildman–Crippen MR) is 182 cm³/mol. The van der Waals surface area contributed by atoms with Gasteiger partial charge < -0.3 is 32.7 Å². The molecule has 2 aromatic carbocycles. The van der Waals surface area contributed by atoms with Crippen molar-refractivity contribution >= 4 is 0 Å². The first-order valence-corrected chi connectivity index (χ1v) is 15.8. The summed E-state index contributed by atoms with van der Waals surface area (Å²) in [6, 6.07) is 23.0. The van der Waals surface area contributed by atoms with Crippen LogP contribution in [-0.4, -0.2) is 34.5 Å². The molecule has 11 nitrogen and oxygen atoms in total. The molecule has 0 saturated carbocycles. The Morgan fingerprint density at radius 3 is 1.31 bits per heavy atom. The second kappa shape index (κ2) is 15.0. The summed E-state index contributed by atoms with van der Waals surface area (Å²) >= 11 is 0. The molecule has 0 atom stereocenters. The summed E-state index contributed by atoms with van der Waals surface area (Å²) in [5.74, 6) is 4.24. The van der Waals surface area contributed by atoms with Crippen LogP contribution in [-0.2, 0) is 31.2 Å². The van der Waals surface area contributed by atoms with Crippen molar-refractivity contribution in [1.82, 2.24) is 20.3 Å². The highest BCUT2D eigenvalue weighted by Gasteiger charge is 2.12. The van der Waals surface area contributed by atoms with Crippen molar-refractivity contribution in [2.75, 3.05) is 14.2 Å². The normalized spacial score (nSPS) is 11.1. The Balaban J connectivity index is 0.961. The summed E-state index contributed by atoms with van der Waals surface area (Å²) < 4.78 is 39.5. The molecule has 0 amide bonds. The Labute approximate surface area is 284 Å². The summed E-state index contributed by atoms with van der Waals surface area (Å²) in [5.41, 5.74) is 8.61. The quantitative estimate of drug-likeness (QED) is 0.113. The van der Waals surface area contributed by atoms with E-state index in [2.05, 4.69) is 20.3 Å². The number of nitrogens with zero attached hydrogens (tertiary/aromatic N) is 4. The Morgan fingerprint density at radius 2 is 0.939 bits per heavy atom. The number of hydrogen-bond acceptors (Lipinski definition) is 11. The fraction of sp³-hybridized carbons (Fsp3) is 0.263. The summed E-state index contributed by atoms with van der Waals surface area (Å²) in [5, 5.41) is 8.39. The molecule has 0 radical (unpaired) electrons. The number of pyridine rings is 2. The lowest BCUT2D eigenvalue weighted by Gasteiger charge is -2.11. The van der Waals surface area contributed by atoms with Gasteiger partial charge in [0, 0.05) is 23.3 Å². The Kier molecular flexibility index (Phi) is 10.2. The minimum Gasteiger partial charge on any atom is -0.495 e. The van der Waals surface area contributed by atoms with E-state index in [1.807, 2.05) is 100 Å². The number of aromatic nitrogens is 4. The van der Waals surface area contributed by atoms with Crippen LogP contribution >= 0.6 is 0 Å². The summed E-state index contributed by atoms with van der Waals surface area (Å²) in [6.07, 6.45) is 0. The predicted octanol–water partition coefficient (Wildman–Crippen LogP) is 7.91. The van der Waals surface area contributed by atoms with Gasteiger partial charge in [0.05, 0.1) is 37.0 Å². The number of aryl methyl sites for hydroxylation is 4. The molecule has 49 heavy (non-hydrogen) atoms. The summed E-state index contributed by atoms with van der Waals surface area (Å²) in [6.45, 7) is 9.01. The van der Waals surface area contributed by atoms with Crippen LogP contribution in [0, 0.1) is 27.7 Å². The fourth-order valence-corrected chi connectivity index (χ4v) is 5.61. The van der Waals surface area contributed by atoms with E-state index in [0.29, 0.717) is 36.1 Å². The van der Waals surface area contributed by atoms with Crippen LogP contribution in [0.1, 0.15) is 45.4 Å². The van der Waals surface area contributed by atoms with Crippen LogP contribution in [0.2, 0.25) is 0 Å². The lowest BCUT2D eigenvalue weighted by atomic mass is 10.1. The molecule has 0 unspecified atom stereocenters. The van der Waals surface area contributed by atoms with E-state index < -0.39 is 0 Å². The van der Waals surface area contributed by atoms with E-state index in [0.717, 1.165) is 68.0 Å². The standard InChI is InChI=1S/C38H38N4O7/c1-23-15-29(39-25(3)37(23)43-5)19-46-31-11-7-27(8-12-31)35-17-33(48-41-35)21-45-22-34-18-36(42-49-34)28-9-13-32(14-10-28)47-20-30-16-24(2)38(44-6)26(4)40-30/h7-18H,19-22H2,1-6H3. The van der Waals surface area contributed by atoms with E-state index in [9.17, 15) is 0 Å². The maximum Gasteiger partial charge on any atom is 0.163 e. The van der Waals surface area contributed by atoms with Gasteiger partial charge in [-0.1, -0.05) is 10.3 Å². The number of hydrogen-bond donors (Lipinski definition) is 0. The van der Waals surface area contributed by atoms with Crippen LogP contribution in [0.5, 0.6) is 23.0 Å². The van der Waals surface area contributed by atoms with Crippen molar-refractivity contribution in [2.24, 2.45) is 0 Å². The van der Waals surface area contributed by atoms with Crippen LogP contribution in [0.25, 0.3) is 22.5 Å². The molecule has 0 spiro atoms. The molecule has 0 aliphatic rings. The molecule has 0 bridgehead atoms. The summed E-state index contributed by atoms with van der Waals surface area (Å²) in [7, 11) is 3.30. The zero-order valence-corrected chi connectivity index (χ0v) is 28.4. The van der Waals surface area contributed by atoms with Gasteiger partial charge in [0.2, 0.25) is 0 Å². The van der Waals surface area contributed by atoms with Gasteiger partial charge in [0.1, 0.15) is 60.8 Å². The molecule has 0 N–H and O–H groups in total. The van der Waals surface area contributed by atoms with E-state index in [-0.39, 0.29) is 13.2 Å². The first-order chi connectivity index (χ1) is 23.8. The first kappa shape index (κ1) is 33.2. The summed E-state index contributed by atoms with van der Waals surface area (Å²) in [4.78, 5) is 9.14. The van der Waals surface area contributed by atoms with E-state index >= 15 is 0 Å². The zero-order valence-electron chi connectivity index (χ0n) is 28.4. The van der Waals surface area contributed by atoms with E-state index in [1.165, 1.54) is 0 Å². The smallest absolute Gasteiger partial charge is 0.163 e. The van der Waals surface area contributed by atoms with Gasteiger partial charge in [-0.3, -0.25) is 9.97 Å². The zero-order chi connectivity index (χ0) is 34.3. The molecule has 4 heterocycles. The average Bonchev–Trinajstić information content (AvgIpc) is 3.77. The topological polar surface area (TPSA) is 124 Å². The number of methoxy groups -OCH3 is 2. The minimum atomic E-state index is 0.228. The number of benzene rings is 2. The van der Waals surface area contributed by atoms with Crippen molar-refractivity contribution in [3.05, 3.63) is 118 Å². The molecular formula is C38H38N4O7. The highest BCUT2D eigenvalue weighted by atomic mass is 16.5. The van der Waals surface area contributed by atoms with Crippen molar-refractivity contribution in [1.29, 1.82) is 0 Å². The van der Waals surface area contributed by atoms with Crippen molar-refractivity contribution in [3.63, 3.8) is 0 Å². The number of rotatable bonds is 14. The molecule has 0 fully saturated rings. The third-order valence-electron chi connectivity index (χ3n) is 7.85. The maximum absolute atomic E-state index is 5.95. The van der Waals surface area contributed by atoms with Crippen LogP contribution in [0.4, 0.5) is 0 Å². The SMILES string of the molecule is COc1c(C)cc(COc2ccc(-c3cc(COCc4cc(-c5ccc(OCc6cc(C)c(OC)c(C)n6)cc5)no4)on3)cc2)nc1C. The third kappa shape index (κ3) is 8.07. The molecule has 4 aromatic heterocycles. The highest BCUT2D eigenvalue weighted by Crippen LogP contribution is 2.27. The third-order valence-corrected chi connectivity index (χ3v) is 7.85. The van der Waals surface area contributed by atoms with Gasteiger partial charge in [-0.2, -0.15) is 0 Å². The first-order valence-electron chi connectivity index (χ1n) is 15.8. The van der Waals surface area contributed by atoms with Gasteiger partial charge in [-0.05, 0) is 99.5 Å². The van der Waals surface area contributed by atoms with Crippen molar-refractivity contribution < 1.29 is 32.7 Å². The maximum atomic E-state index is 5.95. The fourth-order valence-electron chi connectivity index (χ4n) is 5.61. The van der Waals surface area contributed by atoms with Gasteiger partial charge in [0.25, 0.3) is 0 Å². The molecule has 252 valence electrons. The molecule has 0 aliphatic heterocycles. The molecule has 6 rings (SSSR count). The van der Waals surface area contributed by atoms with E-state index in [4.69, 9.17) is 32.7 Å².